The summed E-state index contributed by atoms with van der Waals surface area (Å²) >= 11 is 0. The highest BCUT2D eigenvalue weighted by molar-refractivity contribution is 8.13. The molecule has 2 rings (SSSR count). The van der Waals surface area contributed by atoms with Crippen molar-refractivity contribution >= 4 is 25.6 Å². The van der Waals surface area contributed by atoms with E-state index in [1.807, 2.05) is 0 Å². The molecule has 0 heterocycles. The van der Waals surface area contributed by atoms with Gasteiger partial charge in [0.2, 0.25) is 0 Å². The highest BCUT2D eigenvalue weighted by Gasteiger charge is 2.27. The van der Waals surface area contributed by atoms with Crippen molar-refractivity contribution in [2.75, 3.05) is 0 Å². The molecular weight excluding hydrogens is 324 g/mol. The van der Waals surface area contributed by atoms with Crippen molar-refractivity contribution in [3.63, 3.8) is 0 Å². The van der Waals surface area contributed by atoms with Crippen molar-refractivity contribution in [3.05, 3.63) is 29.3 Å². The van der Waals surface area contributed by atoms with Gasteiger partial charge in [-0.1, -0.05) is 6.42 Å². The standard InChI is InChI=1S/C13H14ClF2NO3S/c1-7(8-3-2-4-8)17-13(18)9-5-12(21(14,19)20)11(16)6-10(9)15/h5-8H,2-4H2,1H3,(H,17,18). The second kappa shape index (κ2) is 5.88. The highest BCUT2D eigenvalue weighted by atomic mass is 35.7. The molecule has 0 saturated heterocycles. The molecule has 0 spiro atoms. The van der Waals surface area contributed by atoms with Crippen LogP contribution >= 0.6 is 10.7 Å². The first kappa shape index (κ1) is 16.2. The van der Waals surface area contributed by atoms with Crippen LogP contribution in [0.25, 0.3) is 0 Å². The van der Waals surface area contributed by atoms with Crippen LogP contribution in [0.5, 0.6) is 0 Å². The summed E-state index contributed by atoms with van der Waals surface area (Å²) in [5.74, 6) is -2.91. The van der Waals surface area contributed by atoms with E-state index in [1.165, 1.54) is 0 Å². The molecule has 0 aromatic heterocycles. The molecular formula is C13H14ClF2NO3S. The summed E-state index contributed by atoms with van der Waals surface area (Å²) < 4.78 is 49.5. The molecule has 0 bridgehead atoms. The Morgan fingerprint density at radius 3 is 2.43 bits per heavy atom. The van der Waals surface area contributed by atoms with Gasteiger partial charge in [-0.25, -0.2) is 17.2 Å². The molecule has 116 valence electrons. The fraction of sp³-hybridized carbons (Fsp3) is 0.462. The minimum absolute atomic E-state index is 0.160. The van der Waals surface area contributed by atoms with Crippen LogP contribution in [0.2, 0.25) is 0 Å². The number of benzene rings is 1. The van der Waals surface area contributed by atoms with Crippen LogP contribution in [-0.2, 0) is 9.05 Å². The summed E-state index contributed by atoms with van der Waals surface area (Å²) in [7, 11) is 0.665. The number of amides is 1. The lowest BCUT2D eigenvalue weighted by Gasteiger charge is -2.31. The molecule has 0 aliphatic heterocycles. The molecule has 0 radical (unpaired) electrons. The minimum Gasteiger partial charge on any atom is -0.349 e. The van der Waals surface area contributed by atoms with Crippen LogP contribution in [0.3, 0.4) is 0 Å². The Morgan fingerprint density at radius 2 is 1.95 bits per heavy atom. The number of rotatable bonds is 4. The van der Waals surface area contributed by atoms with Gasteiger partial charge in [0.15, 0.2) is 0 Å². The lowest BCUT2D eigenvalue weighted by molar-refractivity contribution is 0.0905. The molecule has 1 fully saturated rings. The maximum Gasteiger partial charge on any atom is 0.264 e. The molecule has 1 aliphatic rings. The monoisotopic (exact) mass is 337 g/mol. The van der Waals surface area contributed by atoms with Crippen molar-refractivity contribution in [2.24, 2.45) is 5.92 Å². The third-order valence-electron chi connectivity index (χ3n) is 3.74. The van der Waals surface area contributed by atoms with Crippen LogP contribution in [0.4, 0.5) is 8.78 Å². The topological polar surface area (TPSA) is 63.2 Å². The van der Waals surface area contributed by atoms with Gasteiger partial charge >= 0.3 is 0 Å². The van der Waals surface area contributed by atoms with Gasteiger partial charge in [0.05, 0.1) is 5.56 Å². The smallest absolute Gasteiger partial charge is 0.264 e. The van der Waals surface area contributed by atoms with Crippen molar-refractivity contribution in [3.8, 4) is 0 Å². The summed E-state index contributed by atoms with van der Waals surface area (Å²) in [4.78, 5) is 11.1. The quantitative estimate of drug-likeness (QED) is 0.859. The van der Waals surface area contributed by atoms with Crippen molar-refractivity contribution < 1.29 is 22.0 Å². The van der Waals surface area contributed by atoms with Gasteiger partial charge in [-0.2, -0.15) is 0 Å². The van der Waals surface area contributed by atoms with Gasteiger partial charge in [-0.15, -0.1) is 0 Å². The van der Waals surface area contributed by atoms with Crippen molar-refractivity contribution in [1.82, 2.24) is 5.32 Å². The third-order valence-corrected chi connectivity index (χ3v) is 5.08. The molecule has 1 atom stereocenters. The van der Waals surface area contributed by atoms with Gasteiger partial charge in [0, 0.05) is 22.8 Å². The Balaban J connectivity index is 2.28. The molecule has 1 aromatic rings. The predicted molar refractivity (Wildman–Crippen MR) is 73.7 cm³/mol. The number of carbonyl (C=O) groups is 1. The average molecular weight is 338 g/mol. The zero-order chi connectivity index (χ0) is 15.8. The maximum atomic E-state index is 13.7. The number of halogens is 3. The lowest BCUT2D eigenvalue weighted by atomic mass is 9.80. The Hall–Kier alpha value is -1.21. The van der Waals surface area contributed by atoms with E-state index >= 15 is 0 Å². The maximum absolute atomic E-state index is 13.7. The molecule has 1 aromatic carbocycles. The molecule has 1 saturated carbocycles. The normalized spacial score (nSPS) is 17.1. The molecule has 4 nitrogen and oxygen atoms in total. The van der Waals surface area contributed by atoms with Crippen molar-refractivity contribution in [1.29, 1.82) is 0 Å². The Kier molecular flexibility index (Phi) is 4.53. The molecule has 1 unspecified atom stereocenters. The number of hydrogen-bond acceptors (Lipinski definition) is 3. The van der Waals surface area contributed by atoms with E-state index in [9.17, 15) is 22.0 Å². The second-order valence-corrected chi connectivity index (χ2v) is 7.69. The SMILES string of the molecule is CC(NC(=O)c1cc(S(=O)(=O)Cl)c(F)cc1F)C1CCC1. The van der Waals surface area contributed by atoms with Gasteiger partial charge in [0.25, 0.3) is 15.0 Å². The first-order chi connectivity index (χ1) is 9.70. The molecule has 21 heavy (non-hydrogen) atoms. The summed E-state index contributed by atoms with van der Waals surface area (Å²) in [6.45, 7) is 1.79. The predicted octanol–water partition coefficient (Wildman–Crippen LogP) is 2.81. The zero-order valence-electron chi connectivity index (χ0n) is 11.2. The first-order valence-electron chi connectivity index (χ1n) is 6.44. The van der Waals surface area contributed by atoms with Gasteiger partial charge in [0.1, 0.15) is 16.5 Å². The zero-order valence-corrected chi connectivity index (χ0v) is 12.8. The van der Waals surface area contributed by atoms with Gasteiger partial charge < -0.3 is 5.32 Å². The van der Waals surface area contributed by atoms with Crippen molar-refractivity contribution in [2.45, 2.75) is 37.1 Å². The van der Waals surface area contributed by atoms with E-state index in [1.54, 1.807) is 6.92 Å². The largest absolute Gasteiger partial charge is 0.349 e. The molecule has 1 amide bonds. The first-order valence-corrected chi connectivity index (χ1v) is 8.75. The van der Waals surface area contributed by atoms with Crippen LogP contribution in [-0.4, -0.2) is 20.4 Å². The van der Waals surface area contributed by atoms with E-state index in [0.29, 0.717) is 18.1 Å². The third kappa shape index (κ3) is 3.52. The van der Waals surface area contributed by atoms with E-state index < -0.39 is 37.1 Å². The number of carbonyl (C=O) groups excluding carboxylic acids is 1. The number of hydrogen-bond donors (Lipinski definition) is 1. The summed E-state index contributed by atoms with van der Waals surface area (Å²) in [5, 5.41) is 2.60. The van der Waals surface area contributed by atoms with Crippen LogP contribution < -0.4 is 5.32 Å². The highest BCUT2D eigenvalue weighted by Crippen LogP contribution is 2.29. The second-order valence-electron chi connectivity index (χ2n) is 5.15. The fourth-order valence-electron chi connectivity index (χ4n) is 2.23. The van der Waals surface area contributed by atoms with E-state index in [4.69, 9.17) is 10.7 Å². The summed E-state index contributed by atoms with van der Waals surface area (Å²) in [5.41, 5.74) is -0.540. The lowest BCUT2D eigenvalue weighted by Crippen LogP contribution is -2.41. The van der Waals surface area contributed by atoms with E-state index in [0.717, 1.165) is 19.3 Å². The fourth-order valence-corrected chi connectivity index (χ4v) is 3.14. The minimum atomic E-state index is -4.39. The Labute approximate surface area is 125 Å². The molecule has 1 N–H and O–H groups in total. The van der Waals surface area contributed by atoms with E-state index in [2.05, 4.69) is 5.32 Å². The number of nitrogens with one attached hydrogen (secondary N) is 1. The Morgan fingerprint density at radius 1 is 1.33 bits per heavy atom. The molecule has 1 aliphatic carbocycles. The van der Waals surface area contributed by atoms with Gasteiger partial charge in [-0.05, 0) is 31.7 Å². The van der Waals surface area contributed by atoms with E-state index in [-0.39, 0.29) is 6.04 Å². The molecule has 8 heteroatoms. The van der Waals surface area contributed by atoms with Crippen LogP contribution in [0, 0.1) is 17.6 Å². The summed E-state index contributed by atoms with van der Waals surface area (Å²) in [6, 6.07) is 0.806. The van der Waals surface area contributed by atoms with Crippen LogP contribution in [0.15, 0.2) is 17.0 Å². The average Bonchev–Trinajstić information content (AvgIpc) is 2.23. The van der Waals surface area contributed by atoms with Crippen LogP contribution in [0.1, 0.15) is 36.5 Å². The Bertz CT molecular complexity index is 674. The summed E-state index contributed by atoms with van der Waals surface area (Å²) in [6.07, 6.45) is 3.05. The van der Waals surface area contributed by atoms with Gasteiger partial charge in [-0.3, -0.25) is 4.79 Å².